The van der Waals surface area contributed by atoms with Crippen molar-refractivity contribution in [2.45, 2.75) is 46.1 Å². The van der Waals surface area contributed by atoms with Gasteiger partial charge in [0.15, 0.2) is 0 Å². The minimum Gasteiger partial charge on any atom is -0.336 e. The van der Waals surface area contributed by atoms with Gasteiger partial charge in [0, 0.05) is 18.8 Å². The van der Waals surface area contributed by atoms with Crippen molar-refractivity contribution in [2.75, 3.05) is 6.54 Å². The highest BCUT2D eigenvalue weighted by molar-refractivity contribution is 5.94. The maximum atomic E-state index is 13.5. The summed E-state index contributed by atoms with van der Waals surface area (Å²) in [6.45, 7) is 6.66. The first-order valence-corrected chi connectivity index (χ1v) is 6.49. The average Bonchev–Trinajstić information content (AvgIpc) is 2.34. The Morgan fingerprint density at radius 1 is 1.44 bits per heavy atom. The lowest BCUT2D eigenvalue weighted by atomic mass is 10.1. The molecule has 0 saturated carbocycles. The van der Waals surface area contributed by atoms with Crippen molar-refractivity contribution < 1.29 is 9.18 Å². The molecule has 0 aromatic carbocycles. The molecule has 0 saturated heterocycles. The molecule has 0 N–H and O–H groups in total. The first-order valence-electron chi connectivity index (χ1n) is 6.49. The van der Waals surface area contributed by atoms with Gasteiger partial charge in [0.1, 0.15) is 0 Å². The molecule has 18 heavy (non-hydrogen) atoms. The smallest absolute Gasteiger partial charge is 0.258 e. The summed E-state index contributed by atoms with van der Waals surface area (Å²) in [5.74, 6) is -0.963. The Bertz CT molecular complexity index is 393. The summed E-state index contributed by atoms with van der Waals surface area (Å²) in [4.78, 5) is 17.5. The van der Waals surface area contributed by atoms with Crippen LogP contribution in [0.15, 0.2) is 18.3 Å². The number of aromatic nitrogens is 1. The molecule has 1 aromatic rings. The maximum absolute atomic E-state index is 13.5. The molecular formula is C14H21FN2O. The second-order valence-electron chi connectivity index (χ2n) is 4.64. The molecule has 4 heteroatoms. The predicted octanol–water partition coefficient (Wildman–Crippen LogP) is 3.26. The first kappa shape index (κ1) is 14.6. The van der Waals surface area contributed by atoms with Gasteiger partial charge in [-0.2, -0.15) is 4.39 Å². The molecule has 1 rings (SSSR count). The van der Waals surface area contributed by atoms with Crippen molar-refractivity contribution in [3.05, 3.63) is 29.8 Å². The third-order valence-corrected chi connectivity index (χ3v) is 2.88. The fraction of sp³-hybridized carbons (Fsp3) is 0.571. The number of carbonyl (C=O) groups excluding carboxylic acids is 1. The van der Waals surface area contributed by atoms with Gasteiger partial charge in [-0.05, 0) is 32.4 Å². The van der Waals surface area contributed by atoms with E-state index in [1.54, 1.807) is 11.0 Å². The van der Waals surface area contributed by atoms with Gasteiger partial charge in [-0.1, -0.05) is 19.8 Å². The zero-order chi connectivity index (χ0) is 13.5. The van der Waals surface area contributed by atoms with Gasteiger partial charge in [-0.25, -0.2) is 4.98 Å². The Labute approximate surface area is 108 Å². The number of halogens is 1. The van der Waals surface area contributed by atoms with Crippen molar-refractivity contribution in [3.63, 3.8) is 0 Å². The van der Waals surface area contributed by atoms with Gasteiger partial charge in [0.25, 0.3) is 5.91 Å². The van der Waals surface area contributed by atoms with Gasteiger partial charge < -0.3 is 4.90 Å². The molecule has 1 heterocycles. The summed E-state index contributed by atoms with van der Waals surface area (Å²) < 4.78 is 13.5. The van der Waals surface area contributed by atoms with E-state index in [1.807, 2.05) is 13.8 Å². The molecule has 0 fully saturated rings. The standard InChI is InChI=1S/C14H21FN2O/c1-4-5-6-10-17(11(2)3)14(18)12-8-7-9-16-13(12)15/h7-9,11H,4-6,10H2,1-3H3. The number of hydrogen-bond acceptors (Lipinski definition) is 2. The Morgan fingerprint density at radius 2 is 2.17 bits per heavy atom. The number of nitrogens with zero attached hydrogens (tertiary/aromatic N) is 2. The number of pyridine rings is 1. The van der Waals surface area contributed by atoms with Crippen molar-refractivity contribution in [2.24, 2.45) is 0 Å². The summed E-state index contributed by atoms with van der Waals surface area (Å²) in [6.07, 6.45) is 4.47. The number of hydrogen-bond donors (Lipinski definition) is 0. The first-order chi connectivity index (χ1) is 8.57. The van der Waals surface area contributed by atoms with Crippen LogP contribution in [0, 0.1) is 5.95 Å². The van der Waals surface area contributed by atoms with Gasteiger partial charge in [-0.15, -0.1) is 0 Å². The fourth-order valence-corrected chi connectivity index (χ4v) is 1.83. The predicted molar refractivity (Wildman–Crippen MR) is 69.9 cm³/mol. The van der Waals surface area contributed by atoms with E-state index >= 15 is 0 Å². The highest BCUT2D eigenvalue weighted by Crippen LogP contribution is 2.12. The topological polar surface area (TPSA) is 33.2 Å². The third-order valence-electron chi connectivity index (χ3n) is 2.88. The van der Waals surface area contributed by atoms with Crippen LogP contribution >= 0.6 is 0 Å². The maximum Gasteiger partial charge on any atom is 0.258 e. The van der Waals surface area contributed by atoms with Crippen LogP contribution in [0.2, 0.25) is 0 Å². The van der Waals surface area contributed by atoms with E-state index in [2.05, 4.69) is 11.9 Å². The number of amides is 1. The number of unbranched alkanes of at least 4 members (excludes halogenated alkanes) is 2. The lowest BCUT2D eigenvalue weighted by Crippen LogP contribution is -2.38. The van der Waals surface area contributed by atoms with Gasteiger partial charge in [0.05, 0.1) is 5.56 Å². The third kappa shape index (κ3) is 3.79. The Balaban J connectivity index is 2.80. The Kier molecular flexibility index (Phi) is 5.75. The highest BCUT2D eigenvalue weighted by atomic mass is 19.1. The average molecular weight is 252 g/mol. The normalized spacial score (nSPS) is 10.7. The molecule has 1 aromatic heterocycles. The van der Waals surface area contributed by atoms with Crippen LogP contribution in [0.1, 0.15) is 50.4 Å². The van der Waals surface area contributed by atoms with Crippen LogP contribution in [-0.2, 0) is 0 Å². The zero-order valence-corrected chi connectivity index (χ0v) is 11.3. The zero-order valence-electron chi connectivity index (χ0n) is 11.3. The molecule has 1 amide bonds. The largest absolute Gasteiger partial charge is 0.336 e. The molecule has 0 bridgehead atoms. The van der Waals surface area contributed by atoms with E-state index in [9.17, 15) is 9.18 Å². The van der Waals surface area contributed by atoms with E-state index in [1.165, 1.54) is 12.3 Å². The van der Waals surface area contributed by atoms with Crippen molar-refractivity contribution >= 4 is 5.91 Å². The molecule has 0 aliphatic rings. The van der Waals surface area contributed by atoms with Crippen LogP contribution in [0.5, 0.6) is 0 Å². The number of rotatable bonds is 6. The lowest BCUT2D eigenvalue weighted by molar-refractivity contribution is 0.0696. The number of carbonyl (C=O) groups is 1. The van der Waals surface area contributed by atoms with Crippen LogP contribution in [0.3, 0.4) is 0 Å². The summed E-state index contributed by atoms with van der Waals surface area (Å²) in [5.41, 5.74) is 0.0581. The van der Waals surface area contributed by atoms with E-state index in [4.69, 9.17) is 0 Å². The second kappa shape index (κ2) is 7.09. The monoisotopic (exact) mass is 252 g/mol. The SMILES string of the molecule is CCCCCN(C(=O)c1cccnc1F)C(C)C. The minimum absolute atomic E-state index is 0.0581. The van der Waals surface area contributed by atoms with Gasteiger partial charge in [-0.3, -0.25) is 4.79 Å². The molecule has 0 unspecified atom stereocenters. The van der Waals surface area contributed by atoms with Crippen LogP contribution in [-0.4, -0.2) is 28.4 Å². The molecule has 100 valence electrons. The molecule has 0 spiro atoms. The summed E-state index contributed by atoms with van der Waals surface area (Å²) in [5, 5.41) is 0. The molecule has 0 radical (unpaired) electrons. The molecular weight excluding hydrogens is 231 g/mol. The molecule has 0 aliphatic carbocycles. The molecule has 3 nitrogen and oxygen atoms in total. The van der Waals surface area contributed by atoms with E-state index < -0.39 is 5.95 Å². The van der Waals surface area contributed by atoms with Crippen molar-refractivity contribution in [3.8, 4) is 0 Å². The Morgan fingerprint density at radius 3 is 2.72 bits per heavy atom. The quantitative estimate of drug-likeness (QED) is 0.575. The second-order valence-corrected chi connectivity index (χ2v) is 4.64. The van der Waals surface area contributed by atoms with Crippen molar-refractivity contribution in [1.82, 2.24) is 9.88 Å². The van der Waals surface area contributed by atoms with E-state index in [0.29, 0.717) is 6.54 Å². The highest BCUT2D eigenvalue weighted by Gasteiger charge is 2.21. The fourth-order valence-electron chi connectivity index (χ4n) is 1.83. The van der Waals surface area contributed by atoms with Crippen LogP contribution < -0.4 is 0 Å². The van der Waals surface area contributed by atoms with E-state index in [0.717, 1.165) is 19.3 Å². The summed E-state index contributed by atoms with van der Waals surface area (Å²) in [6, 6.07) is 3.13. The summed E-state index contributed by atoms with van der Waals surface area (Å²) in [7, 11) is 0. The van der Waals surface area contributed by atoms with Crippen LogP contribution in [0.25, 0.3) is 0 Å². The lowest BCUT2D eigenvalue weighted by Gasteiger charge is -2.26. The Hall–Kier alpha value is -1.45. The van der Waals surface area contributed by atoms with Gasteiger partial charge in [0.2, 0.25) is 5.95 Å². The summed E-state index contributed by atoms with van der Waals surface area (Å²) >= 11 is 0. The van der Waals surface area contributed by atoms with Crippen molar-refractivity contribution in [1.29, 1.82) is 0 Å². The van der Waals surface area contributed by atoms with E-state index in [-0.39, 0.29) is 17.5 Å². The van der Waals surface area contributed by atoms with Gasteiger partial charge >= 0.3 is 0 Å². The molecule has 0 aliphatic heterocycles. The molecule has 0 atom stereocenters. The minimum atomic E-state index is -0.691. The van der Waals surface area contributed by atoms with Crippen LogP contribution in [0.4, 0.5) is 4.39 Å².